The Balaban J connectivity index is 1.34. The zero-order chi connectivity index (χ0) is 33.6. The van der Waals surface area contributed by atoms with E-state index in [9.17, 15) is 28.1 Å². The summed E-state index contributed by atoms with van der Waals surface area (Å²) in [6.07, 6.45) is 4.43. The maximum absolute atomic E-state index is 13.5. The van der Waals surface area contributed by atoms with Crippen molar-refractivity contribution in [1.29, 1.82) is 0 Å². The molecule has 2 heterocycles. The van der Waals surface area contributed by atoms with Crippen molar-refractivity contribution < 1.29 is 32.1 Å². The number of sulfonamides is 1. The Labute approximate surface area is 276 Å². The van der Waals surface area contributed by atoms with Crippen LogP contribution in [0.3, 0.4) is 0 Å². The van der Waals surface area contributed by atoms with Crippen molar-refractivity contribution >= 4 is 74.0 Å². The lowest BCUT2D eigenvalue weighted by Crippen LogP contribution is -2.28. The predicted octanol–water partition coefficient (Wildman–Crippen LogP) is 5.01. The van der Waals surface area contributed by atoms with Gasteiger partial charge in [-0.05, 0) is 90.1 Å². The summed E-state index contributed by atoms with van der Waals surface area (Å²) in [7, 11) is -3.88. The summed E-state index contributed by atoms with van der Waals surface area (Å²) in [5, 5.41) is 27.5. The monoisotopic (exact) mass is 694 g/mol. The molecule has 14 nitrogen and oxygen atoms in total. The van der Waals surface area contributed by atoms with E-state index in [0.717, 1.165) is 11.8 Å². The van der Waals surface area contributed by atoms with E-state index in [1.165, 1.54) is 65.9 Å². The first-order valence-electron chi connectivity index (χ1n) is 13.4. The molecular formula is C30H23ClN6O8S2. The Bertz CT molecular complexity index is 2010. The summed E-state index contributed by atoms with van der Waals surface area (Å²) in [6.45, 7) is -0.343. The summed E-state index contributed by atoms with van der Waals surface area (Å²) in [5.41, 5.74) is 1.24. The first kappa shape index (κ1) is 33.1. The van der Waals surface area contributed by atoms with E-state index in [4.69, 9.17) is 25.9 Å². The number of anilines is 1. The van der Waals surface area contributed by atoms with Crippen LogP contribution in [0.5, 0.6) is 5.75 Å². The largest absolute Gasteiger partial charge is 0.483 e. The van der Waals surface area contributed by atoms with E-state index in [1.807, 2.05) is 0 Å². The van der Waals surface area contributed by atoms with Crippen molar-refractivity contribution in [3.05, 3.63) is 122 Å². The molecule has 0 saturated carbocycles. The normalized spacial score (nSPS) is 15.1. The molecule has 1 aromatic heterocycles. The maximum Gasteiger partial charge on any atom is 0.269 e. The summed E-state index contributed by atoms with van der Waals surface area (Å²) < 4.78 is 34.1. The van der Waals surface area contributed by atoms with Gasteiger partial charge in [-0.15, -0.1) is 5.10 Å². The molecule has 0 aliphatic carbocycles. The molecule has 3 N–H and O–H groups in total. The van der Waals surface area contributed by atoms with Crippen LogP contribution in [0.4, 0.5) is 11.4 Å². The fraction of sp³-hybridized carbons (Fsp3) is 0.0667. The van der Waals surface area contributed by atoms with Gasteiger partial charge in [0, 0.05) is 28.4 Å². The molecule has 0 atom stereocenters. The number of nitrogens with one attached hydrogen (secondary N) is 1. The fourth-order valence-corrected chi connectivity index (χ4v) is 5.70. The quantitative estimate of drug-likeness (QED) is 0.0937. The second-order valence-electron chi connectivity index (χ2n) is 9.65. The van der Waals surface area contributed by atoms with E-state index in [2.05, 4.69) is 15.5 Å². The Kier molecular flexibility index (Phi) is 10.2. The van der Waals surface area contributed by atoms with E-state index in [0.29, 0.717) is 27.6 Å². The molecule has 4 aromatic rings. The van der Waals surface area contributed by atoms with Crippen molar-refractivity contribution in [2.45, 2.75) is 11.4 Å². The van der Waals surface area contributed by atoms with Crippen LogP contribution in [0, 0.1) is 10.1 Å². The van der Waals surface area contributed by atoms with Gasteiger partial charge in [0.15, 0.2) is 11.8 Å². The Morgan fingerprint density at radius 1 is 1.13 bits per heavy atom. The molecule has 1 fully saturated rings. The average molecular weight is 695 g/mol. The number of rotatable bonds is 11. The van der Waals surface area contributed by atoms with Crippen LogP contribution in [0.1, 0.15) is 16.9 Å². The lowest BCUT2D eigenvalue weighted by Gasteiger charge is -2.13. The number of carbonyl (C=O) groups is 2. The zero-order valence-corrected chi connectivity index (χ0v) is 26.4. The van der Waals surface area contributed by atoms with Gasteiger partial charge in [0.25, 0.3) is 17.5 Å². The van der Waals surface area contributed by atoms with Crippen LogP contribution < -0.4 is 15.2 Å². The van der Waals surface area contributed by atoms with Crippen LogP contribution in [0.15, 0.2) is 110 Å². The summed E-state index contributed by atoms with van der Waals surface area (Å²) >= 11 is 7.29. The molecule has 3 aromatic carbocycles. The molecule has 2 amide bonds. The second kappa shape index (κ2) is 14.4. The number of benzene rings is 3. The molecule has 1 saturated heterocycles. The number of nitrogens with two attached hydrogens (primary N) is 1. The molecule has 47 heavy (non-hydrogen) atoms. The van der Waals surface area contributed by atoms with Gasteiger partial charge in [0.1, 0.15) is 11.5 Å². The number of non-ortho nitro benzene ring substituents is 1. The van der Waals surface area contributed by atoms with E-state index in [1.54, 1.807) is 36.4 Å². The molecular weight excluding hydrogens is 672 g/mol. The first-order chi connectivity index (χ1) is 22.5. The van der Waals surface area contributed by atoms with Crippen LogP contribution in [-0.4, -0.2) is 48.0 Å². The third-order valence-corrected chi connectivity index (χ3v) is 8.48. The number of carbonyl (C=O) groups excluding carboxylic acids is 2. The van der Waals surface area contributed by atoms with E-state index >= 15 is 0 Å². The molecule has 0 radical (unpaired) electrons. The van der Waals surface area contributed by atoms with Crippen molar-refractivity contribution in [3.63, 3.8) is 0 Å². The number of primary sulfonamides is 1. The third-order valence-electron chi connectivity index (χ3n) is 6.32. The number of nitrogens with zero attached hydrogens (tertiary/aromatic N) is 4. The topological polar surface area (TPSA) is 200 Å². The highest BCUT2D eigenvalue weighted by atomic mass is 35.5. The standard InChI is InChI=1S/C30H23ClN6O8S2/c31-21-5-12-26(45-18-28(38)34-22-6-10-25(11-7-22)47(32,42)43)20(14-21)15-27-29(39)36(17-24-2-1-13-44-24)30(46-27)35-33-16-19-3-8-23(9-4-19)37(40)41/h1-16H,17-18H2,(H,34,38)(H2,32,42,43)/b27-15-,33-16-,35-30+. The van der Waals surface area contributed by atoms with Crippen molar-refractivity contribution in [2.24, 2.45) is 15.3 Å². The molecule has 17 heteroatoms. The first-order valence-corrected chi connectivity index (χ1v) is 16.1. The molecule has 1 aliphatic rings. The fourth-order valence-electron chi connectivity index (χ4n) is 4.08. The minimum absolute atomic E-state index is 0.0630. The molecule has 0 bridgehead atoms. The van der Waals surface area contributed by atoms with Gasteiger partial charge in [-0.2, -0.15) is 5.10 Å². The lowest BCUT2D eigenvalue weighted by molar-refractivity contribution is -0.384. The Morgan fingerprint density at radius 3 is 2.53 bits per heavy atom. The smallest absolute Gasteiger partial charge is 0.269 e. The number of nitro groups is 1. The van der Waals surface area contributed by atoms with Gasteiger partial charge in [0.05, 0.1) is 33.7 Å². The molecule has 0 spiro atoms. The van der Waals surface area contributed by atoms with Crippen LogP contribution in [0.25, 0.3) is 6.08 Å². The van der Waals surface area contributed by atoms with Crippen LogP contribution in [0.2, 0.25) is 5.02 Å². The molecule has 240 valence electrons. The van der Waals surface area contributed by atoms with Gasteiger partial charge < -0.3 is 14.5 Å². The summed E-state index contributed by atoms with van der Waals surface area (Å²) in [4.78, 5) is 38.1. The third kappa shape index (κ3) is 8.71. The summed E-state index contributed by atoms with van der Waals surface area (Å²) in [6, 6.07) is 19.1. The SMILES string of the molecule is NS(=O)(=O)c1ccc(NC(=O)COc2ccc(Cl)cc2/C=C2\S/C(=N/N=C\c3ccc([N+](=O)[O-])cc3)N(Cc3ccco3)C2=O)cc1. The van der Waals surface area contributed by atoms with Gasteiger partial charge in [-0.1, -0.05) is 11.6 Å². The Morgan fingerprint density at radius 2 is 1.87 bits per heavy atom. The molecule has 1 aliphatic heterocycles. The predicted molar refractivity (Wildman–Crippen MR) is 176 cm³/mol. The number of amides is 2. The van der Waals surface area contributed by atoms with E-state index in [-0.39, 0.29) is 32.9 Å². The number of furan rings is 1. The number of halogens is 1. The lowest BCUT2D eigenvalue weighted by atomic mass is 10.2. The number of hydrogen-bond donors (Lipinski definition) is 2. The van der Waals surface area contributed by atoms with Gasteiger partial charge in [-0.25, -0.2) is 13.6 Å². The van der Waals surface area contributed by atoms with E-state index < -0.39 is 33.4 Å². The zero-order valence-electron chi connectivity index (χ0n) is 24.0. The summed E-state index contributed by atoms with van der Waals surface area (Å²) in [5.74, 6) is -0.168. The molecule has 0 unspecified atom stereocenters. The highest BCUT2D eigenvalue weighted by molar-refractivity contribution is 8.18. The van der Waals surface area contributed by atoms with Crippen LogP contribution in [-0.2, 0) is 26.2 Å². The number of nitro benzene ring substituents is 1. The van der Waals surface area contributed by atoms with Crippen molar-refractivity contribution in [2.75, 3.05) is 11.9 Å². The second-order valence-corrected chi connectivity index (χ2v) is 12.7. The molecule has 5 rings (SSSR count). The van der Waals surface area contributed by atoms with Gasteiger partial charge in [0.2, 0.25) is 10.0 Å². The van der Waals surface area contributed by atoms with Gasteiger partial charge >= 0.3 is 0 Å². The van der Waals surface area contributed by atoms with Crippen molar-refractivity contribution in [3.8, 4) is 5.75 Å². The highest BCUT2D eigenvalue weighted by Gasteiger charge is 2.34. The van der Waals surface area contributed by atoms with Crippen molar-refractivity contribution in [1.82, 2.24) is 4.90 Å². The minimum Gasteiger partial charge on any atom is -0.483 e. The maximum atomic E-state index is 13.5. The Hall–Kier alpha value is -5.29. The average Bonchev–Trinajstić information content (AvgIpc) is 3.65. The number of thioether (sulfide) groups is 1. The number of hydrogen-bond acceptors (Lipinski definition) is 11. The van der Waals surface area contributed by atoms with Gasteiger partial charge in [-0.3, -0.25) is 24.6 Å². The minimum atomic E-state index is -3.88. The van der Waals surface area contributed by atoms with Crippen LogP contribution >= 0.6 is 23.4 Å². The highest BCUT2D eigenvalue weighted by Crippen LogP contribution is 2.36. The number of amidine groups is 1. The number of ether oxygens (including phenoxy) is 1.